The lowest BCUT2D eigenvalue weighted by atomic mass is 10.1. The van der Waals surface area contributed by atoms with Crippen molar-refractivity contribution in [2.45, 2.75) is 16.4 Å². The maximum absolute atomic E-state index is 12.9. The molecule has 1 aromatic carbocycles. The molecule has 0 aliphatic carbocycles. The van der Waals surface area contributed by atoms with Gasteiger partial charge < -0.3 is 9.73 Å². The number of hydrogen-bond acceptors (Lipinski definition) is 5. The normalized spacial score (nSPS) is 12.7. The van der Waals surface area contributed by atoms with Gasteiger partial charge in [0.05, 0.1) is 6.26 Å². The van der Waals surface area contributed by atoms with Gasteiger partial charge in [0, 0.05) is 12.1 Å². The summed E-state index contributed by atoms with van der Waals surface area (Å²) in [5.74, 6) is -0.0180. The second kappa shape index (κ2) is 7.25. The van der Waals surface area contributed by atoms with Gasteiger partial charge in [-0.25, -0.2) is 8.42 Å². The summed E-state index contributed by atoms with van der Waals surface area (Å²) in [6.07, 6.45) is 1.42. The third-order valence-corrected chi connectivity index (χ3v) is 7.26. The lowest BCUT2D eigenvalue weighted by Crippen LogP contribution is -2.31. The first-order chi connectivity index (χ1) is 12.0. The Morgan fingerprint density at radius 2 is 1.92 bits per heavy atom. The molecule has 1 atom stereocenters. The van der Waals surface area contributed by atoms with Crippen molar-refractivity contribution in [3.05, 3.63) is 77.1 Å². The number of furan rings is 1. The van der Waals surface area contributed by atoms with Crippen molar-refractivity contribution in [1.29, 1.82) is 0 Å². The predicted molar refractivity (Wildman–Crippen MR) is 96.5 cm³/mol. The van der Waals surface area contributed by atoms with Crippen LogP contribution >= 0.6 is 11.3 Å². The van der Waals surface area contributed by atoms with E-state index in [2.05, 4.69) is 5.32 Å². The molecule has 0 radical (unpaired) electrons. The molecule has 1 amide bonds. The van der Waals surface area contributed by atoms with Crippen LogP contribution in [0.25, 0.3) is 0 Å². The number of nitrogens with one attached hydrogen (secondary N) is 1. The minimum atomic E-state index is -3.66. The van der Waals surface area contributed by atoms with Crippen molar-refractivity contribution < 1.29 is 17.6 Å². The first-order valence-corrected chi connectivity index (χ1v) is 10.1. The van der Waals surface area contributed by atoms with Crippen LogP contribution in [-0.4, -0.2) is 20.9 Å². The highest BCUT2D eigenvalue weighted by Crippen LogP contribution is 2.31. The van der Waals surface area contributed by atoms with Crippen LogP contribution in [0.5, 0.6) is 0 Å². The first-order valence-electron chi connectivity index (χ1n) is 7.64. The molecule has 2 heterocycles. The molecule has 0 unspecified atom stereocenters. The number of aryl methyl sites for hydroxylation is 1. The molecule has 5 nitrogen and oxygen atoms in total. The van der Waals surface area contributed by atoms with E-state index < -0.39 is 15.1 Å². The summed E-state index contributed by atoms with van der Waals surface area (Å²) < 4.78 is 31.3. The highest BCUT2D eigenvalue weighted by molar-refractivity contribution is 7.93. The molecule has 2 aromatic heterocycles. The van der Waals surface area contributed by atoms with Crippen LogP contribution in [0.3, 0.4) is 0 Å². The number of hydrogen-bond donors (Lipinski definition) is 1. The molecular formula is C18H17NO4S2. The van der Waals surface area contributed by atoms with Crippen molar-refractivity contribution in [3.8, 4) is 0 Å². The SMILES string of the molecule is Cc1ccc(C(=O)NC[C@H](c2ccco2)S(=O)(=O)c2cccs2)cc1. The standard InChI is InChI=1S/C18H17NO4S2/c1-13-6-8-14(9-7-13)18(20)19-12-16(15-4-2-10-23-15)25(21,22)17-5-3-11-24-17/h2-11,16H,12H2,1H3,(H,19,20)/t16-/m1/s1. The van der Waals surface area contributed by atoms with Crippen LogP contribution < -0.4 is 5.32 Å². The summed E-state index contributed by atoms with van der Waals surface area (Å²) in [7, 11) is -3.66. The number of thiophene rings is 1. The highest BCUT2D eigenvalue weighted by atomic mass is 32.2. The Morgan fingerprint density at radius 1 is 1.16 bits per heavy atom. The van der Waals surface area contributed by atoms with Crippen LogP contribution in [0, 0.1) is 6.92 Å². The molecule has 0 saturated heterocycles. The van der Waals surface area contributed by atoms with Crippen molar-refractivity contribution in [2.75, 3.05) is 6.54 Å². The fourth-order valence-electron chi connectivity index (χ4n) is 2.40. The Morgan fingerprint density at radius 3 is 2.52 bits per heavy atom. The maximum atomic E-state index is 12.9. The van der Waals surface area contributed by atoms with Crippen LogP contribution in [0.15, 0.2) is 68.8 Å². The third-order valence-electron chi connectivity index (χ3n) is 3.77. The molecule has 25 heavy (non-hydrogen) atoms. The molecule has 1 N–H and O–H groups in total. The van der Waals surface area contributed by atoms with Gasteiger partial charge in [0.1, 0.15) is 15.2 Å². The minimum Gasteiger partial charge on any atom is -0.468 e. The quantitative estimate of drug-likeness (QED) is 0.714. The topological polar surface area (TPSA) is 76.4 Å². The van der Waals surface area contributed by atoms with Gasteiger partial charge >= 0.3 is 0 Å². The van der Waals surface area contributed by atoms with Gasteiger partial charge in [-0.05, 0) is 42.6 Å². The molecule has 0 aliphatic rings. The smallest absolute Gasteiger partial charge is 0.251 e. The summed E-state index contributed by atoms with van der Waals surface area (Å²) in [6, 6.07) is 13.6. The van der Waals surface area contributed by atoms with Crippen LogP contribution in [-0.2, 0) is 9.84 Å². The number of rotatable bonds is 6. The summed E-state index contributed by atoms with van der Waals surface area (Å²) >= 11 is 1.15. The molecular weight excluding hydrogens is 358 g/mol. The summed E-state index contributed by atoms with van der Waals surface area (Å²) in [5.41, 5.74) is 1.53. The van der Waals surface area contributed by atoms with Crippen LogP contribution in [0.4, 0.5) is 0 Å². The third kappa shape index (κ3) is 3.83. The van der Waals surface area contributed by atoms with Gasteiger partial charge in [0.15, 0.2) is 9.84 Å². The molecule has 3 aromatic rings. The average molecular weight is 375 g/mol. The Balaban J connectivity index is 1.82. The summed E-state index contributed by atoms with van der Waals surface area (Å²) in [5, 5.41) is 3.43. The zero-order chi connectivity index (χ0) is 17.9. The Kier molecular flexibility index (Phi) is 5.06. The number of carbonyl (C=O) groups is 1. The second-order valence-electron chi connectivity index (χ2n) is 5.56. The summed E-state index contributed by atoms with van der Waals surface area (Å²) in [4.78, 5) is 12.3. The number of sulfone groups is 1. The van der Waals surface area contributed by atoms with E-state index in [1.807, 2.05) is 19.1 Å². The van der Waals surface area contributed by atoms with E-state index in [1.165, 1.54) is 6.26 Å². The maximum Gasteiger partial charge on any atom is 0.251 e. The van der Waals surface area contributed by atoms with Crippen molar-refractivity contribution in [2.24, 2.45) is 0 Å². The number of amides is 1. The predicted octanol–water partition coefficient (Wildman–Crippen LogP) is 3.59. The van der Waals surface area contributed by atoms with E-state index in [0.717, 1.165) is 16.9 Å². The zero-order valence-corrected chi connectivity index (χ0v) is 15.1. The molecule has 0 fully saturated rings. The van der Waals surface area contributed by atoms with Gasteiger partial charge in [-0.2, -0.15) is 0 Å². The van der Waals surface area contributed by atoms with E-state index in [-0.39, 0.29) is 16.7 Å². The second-order valence-corrected chi connectivity index (χ2v) is 8.86. The minimum absolute atomic E-state index is 0.0690. The average Bonchev–Trinajstić information content (AvgIpc) is 3.29. The summed E-state index contributed by atoms with van der Waals surface area (Å²) in [6.45, 7) is 1.86. The van der Waals surface area contributed by atoms with Gasteiger partial charge in [0.2, 0.25) is 0 Å². The van der Waals surface area contributed by atoms with Crippen LogP contribution in [0.2, 0.25) is 0 Å². The largest absolute Gasteiger partial charge is 0.468 e. The van der Waals surface area contributed by atoms with E-state index in [4.69, 9.17) is 4.42 Å². The van der Waals surface area contributed by atoms with E-state index in [0.29, 0.717) is 11.3 Å². The Labute approximate surface area is 150 Å². The lowest BCUT2D eigenvalue weighted by molar-refractivity contribution is 0.0953. The fourth-order valence-corrected chi connectivity index (χ4v) is 5.19. The van der Waals surface area contributed by atoms with Crippen molar-refractivity contribution in [1.82, 2.24) is 5.32 Å². The molecule has 3 rings (SSSR count). The van der Waals surface area contributed by atoms with Gasteiger partial charge in [-0.15, -0.1) is 11.3 Å². The Hall–Kier alpha value is -2.38. The Bertz CT molecular complexity index is 928. The molecule has 0 saturated carbocycles. The van der Waals surface area contributed by atoms with Crippen LogP contribution in [0.1, 0.15) is 26.9 Å². The molecule has 130 valence electrons. The van der Waals surface area contributed by atoms with Crippen molar-refractivity contribution >= 4 is 27.1 Å². The van der Waals surface area contributed by atoms with E-state index in [1.54, 1.807) is 41.8 Å². The highest BCUT2D eigenvalue weighted by Gasteiger charge is 2.32. The van der Waals surface area contributed by atoms with E-state index in [9.17, 15) is 13.2 Å². The molecule has 0 aliphatic heterocycles. The van der Waals surface area contributed by atoms with Gasteiger partial charge in [-0.3, -0.25) is 4.79 Å². The first kappa shape index (κ1) is 17.4. The van der Waals surface area contributed by atoms with Gasteiger partial charge in [0.25, 0.3) is 5.91 Å². The number of benzene rings is 1. The molecule has 7 heteroatoms. The molecule has 0 bridgehead atoms. The number of carbonyl (C=O) groups excluding carboxylic acids is 1. The van der Waals surface area contributed by atoms with Gasteiger partial charge in [-0.1, -0.05) is 23.8 Å². The fraction of sp³-hybridized carbons (Fsp3) is 0.167. The monoisotopic (exact) mass is 375 g/mol. The van der Waals surface area contributed by atoms with Crippen molar-refractivity contribution in [3.63, 3.8) is 0 Å². The lowest BCUT2D eigenvalue weighted by Gasteiger charge is -2.15. The van der Waals surface area contributed by atoms with E-state index >= 15 is 0 Å². The zero-order valence-electron chi connectivity index (χ0n) is 13.5. The molecule has 0 spiro atoms.